The number of nitrogens with one attached hydrogen (secondary N) is 2. The van der Waals surface area contributed by atoms with Gasteiger partial charge in [0.1, 0.15) is 12.4 Å². The van der Waals surface area contributed by atoms with Crippen molar-refractivity contribution in [3.63, 3.8) is 0 Å². The number of hydrogen-bond donors (Lipinski definition) is 2. The number of nitrogens with zero attached hydrogens (tertiary/aromatic N) is 1. The smallest absolute Gasteiger partial charge is 0.319 e. The Balaban J connectivity index is 1.89. The monoisotopic (exact) mass is 315 g/mol. The molecule has 6 nitrogen and oxygen atoms in total. The van der Waals surface area contributed by atoms with Crippen molar-refractivity contribution < 1.29 is 14.3 Å². The lowest BCUT2D eigenvalue weighted by atomic mass is 10.3. The molecule has 0 fully saturated rings. The van der Waals surface area contributed by atoms with Crippen LogP contribution in [0.25, 0.3) is 0 Å². The van der Waals surface area contributed by atoms with E-state index in [1.165, 1.54) is 0 Å². The number of ether oxygens (including phenoxy) is 2. The highest BCUT2D eigenvalue weighted by molar-refractivity contribution is 5.90. The number of methoxy groups -OCH3 is 1. The first kappa shape index (κ1) is 16.8. The van der Waals surface area contributed by atoms with Crippen LogP contribution in [0, 0.1) is 6.92 Å². The normalized spacial score (nSPS) is 10.2. The molecule has 0 atom stereocenters. The van der Waals surface area contributed by atoms with Crippen molar-refractivity contribution in [3.8, 4) is 5.75 Å². The number of aromatic nitrogens is 1. The van der Waals surface area contributed by atoms with Crippen LogP contribution in [0.3, 0.4) is 0 Å². The lowest BCUT2D eigenvalue weighted by molar-refractivity contribution is 0.146. The Labute approximate surface area is 135 Å². The van der Waals surface area contributed by atoms with Crippen molar-refractivity contribution >= 4 is 11.7 Å². The maximum atomic E-state index is 12.0. The fourth-order valence-electron chi connectivity index (χ4n) is 1.97. The molecule has 0 saturated carbocycles. The summed E-state index contributed by atoms with van der Waals surface area (Å²) in [4.78, 5) is 16.4. The number of amides is 2. The summed E-state index contributed by atoms with van der Waals surface area (Å²) in [6, 6.07) is 12.7. The number of anilines is 1. The molecule has 1 aromatic carbocycles. The molecular weight excluding hydrogens is 294 g/mol. The van der Waals surface area contributed by atoms with Crippen LogP contribution in [0.4, 0.5) is 10.5 Å². The Morgan fingerprint density at radius 2 is 1.96 bits per heavy atom. The average molecular weight is 315 g/mol. The van der Waals surface area contributed by atoms with Gasteiger partial charge in [-0.1, -0.05) is 18.2 Å². The molecule has 0 aliphatic carbocycles. The summed E-state index contributed by atoms with van der Waals surface area (Å²) < 4.78 is 10.5. The Kier molecular flexibility index (Phi) is 6.38. The number of rotatable bonds is 7. The van der Waals surface area contributed by atoms with Gasteiger partial charge in [-0.15, -0.1) is 0 Å². The van der Waals surface area contributed by atoms with Gasteiger partial charge in [0.15, 0.2) is 0 Å². The Morgan fingerprint density at radius 3 is 2.74 bits per heavy atom. The van der Waals surface area contributed by atoms with E-state index in [0.717, 1.165) is 11.4 Å². The molecule has 0 saturated heterocycles. The van der Waals surface area contributed by atoms with Crippen LogP contribution in [0.5, 0.6) is 5.75 Å². The van der Waals surface area contributed by atoms with Crippen molar-refractivity contribution in [2.45, 2.75) is 13.5 Å². The van der Waals surface area contributed by atoms with Gasteiger partial charge in [-0.25, -0.2) is 4.79 Å². The maximum Gasteiger partial charge on any atom is 0.319 e. The predicted octanol–water partition coefficient (Wildman–Crippen LogP) is 2.74. The van der Waals surface area contributed by atoms with Crippen LogP contribution < -0.4 is 15.4 Å². The van der Waals surface area contributed by atoms with E-state index < -0.39 is 0 Å². The van der Waals surface area contributed by atoms with E-state index >= 15 is 0 Å². The molecule has 2 amide bonds. The summed E-state index contributed by atoms with van der Waals surface area (Å²) in [6.45, 7) is 3.18. The molecule has 0 radical (unpaired) electrons. The summed E-state index contributed by atoms with van der Waals surface area (Å²) in [5.41, 5.74) is 2.34. The highest BCUT2D eigenvalue weighted by Gasteiger charge is 2.07. The third-order valence-corrected chi connectivity index (χ3v) is 3.06. The first-order valence-electron chi connectivity index (χ1n) is 7.37. The molecule has 6 heteroatoms. The largest absolute Gasteiger partial charge is 0.489 e. The fourth-order valence-corrected chi connectivity index (χ4v) is 1.97. The molecule has 1 aromatic heterocycles. The number of carbonyl (C=O) groups excluding carboxylic acids is 1. The van der Waals surface area contributed by atoms with Crippen LogP contribution in [0.2, 0.25) is 0 Å². The standard InChI is InChI=1S/C17H21N3O3/c1-13-6-5-7-14(19-13)12-18-17(21)20-15-8-3-4-9-16(15)23-11-10-22-2/h3-9H,10-12H2,1-2H3,(H2,18,20,21). The molecule has 1 heterocycles. The van der Waals surface area contributed by atoms with E-state index in [2.05, 4.69) is 15.6 Å². The molecular formula is C17H21N3O3. The quantitative estimate of drug-likeness (QED) is 0.771. The van der Waals surface area contributed by atoms with Gasteiger partial charge in [0.2, 0.25) is 0 Å². The predicted molar refractivity (Wildman–Crippen MR) is 88.6 cm³/mol. The molecule has 0 bridgehead atoms. The van der Waals surface area contributed by atoms with Crippen molar-refractivity contribution in [3.05, 3.63) is 53.9 Å². The molecule has 0 unspecified atom stereocenters. The van der Waals surface area contributed by atoms with Gasteiger partial charge in [0.25, 0.3) is 0 Å². The van der Waals surface area contributed by atoms with Crippen molar-refractivity contribution in [2.24, 2.45) is 0 Å². The lowest BCUT2D eigenvalue weighted by Crippen LogP contribution is -2.28. The molecule has 2 aromatic rings. The van der Waals surface area contributed by atoms with E-state index in [0.29, 0.717) is 31.2 Å². The zero-order valence-electron chi connectivity index (χ0n) is 13.3. The number of benzene rings is 1. The van der Waals surface area contributed by atoms with Crippen LogP contribution in [0.15, 0.2) is 42.5 Å². The minimum Gasteiger partial charge on any atom is -0.489 e. The minimum atomic E-state index is -0.309. The average Bonchev–Trinajstić information content (AvgIpc) is 2.55. The molecule has 2 N–H and O–H groups in total. The third kappa shape index (κ3) is 5.60. The summed E-state index contributed by atoms with van der Waals surface area (Å²) >= 11 is 0. The van der Waals surface area contributed by atoms with Crippen molar-refractivity contribution in [1.29, 1.82) is 0 Å². The zero-order valence-corrected chi connectivity index (χ0v) is 13.3. The highest BCUT2D eigenvalue weighted by atomic mass is 16.5. The van der Waals surface area contributed by atoms with Crippen LogP contribution >= 0.6 is 0 Å². The first-order valence-corrected chi connectivity index (χ1v) is 7.37. The third-order valence-electron chi connectivity index (χ3n) is 3.06. The van der Waals surface area contributed by atoms with Gasteiger partial charge in [-0.3, -0.25) is 4.98 Å². The maximum absolute atomic E-state index is 12.0. The van der Waals surface area contributed by atoms with E-state index in [9.17, 15) is 4.79 Å². The first-order chi connectivity index (χ1) is 11.2. The number of carbonyl (C=O) groups is 1. The second kappa shape index (κ2) is 8.75. The van der Waals surface area contributed by atoms with Gasteiger partial charge in [0.05, 0.1) is 24.5 Å². The fraction of sp³-hybridized carbons (Fsp3) is 0.294. The molecule has 0 aliphatic heterocycles. The van der Waals surface area contributed by atoms with E-state index in [1.54, 1.807) is 19.2 Å². The zero-order chi connectivity index (χ0) is 16.5. The molecule has 0 aliphatic rings. The van der Waals surface area contributed by atoms with Crippen molar-refractivity contribution in [1.82, 2.24) is 10.3 Å². The van der Waals surface area contributed by atoms with E-state index in [-0.39, 0.29) is 6.03 Å². The summed E-state index contributed by atoms with van der Waals surface area (Å²) in [5, 5.41) is 5.56. The number of hydrogen-bond acceptors (Lipinski definition) is 4. The SMILES string of the molecule is COCCOc1ccccc1NC(=O)NCc1cccc(C)n1. The van der Waals surface area contributed by atoms with Gasteiger partial charge in [-0.05, 0) is 31.2 Å². The number of para-hydroxylation sites is 2. The topological polar surface area (TPSA) is 72.5 Å². The summed E-state index contributed by atoms with van der Waals surface area (Å²) in [5.74, 6) is 0.605. The van der Waals surface area contributed by atoms with Crippen LogP contribution in [-0.2, 0) is 11.3 Å². The van der Waals surface area contributed by atoms with Gasteiger partial charge in [-0.2, -0.15) is 0 Å². The van der Waals surface area contributed by atoms with Crippen LogP contribution in [0.1, 0.15) is 11.4 Å². The molecule has 23 heavy (non-hydrogen) atoms. The van der Waals surface area contributed by atoms with Gasteiger partial charge in [0, 0.05) is 12.8 Å². The number of pyridine rings is 1. The number of urea groups is 1. The lowest BCUT2D eigenvalue weighted by Gasteiger charge is -2.12. The second-order valence-electron chi connectivity index (χ2n) is 4.92. The molecule has 2 rings (SSSR count). The van der Waals surface area contributed by atoms with Gasteiger partial charge < -0.3 is 20.1 Å². The Bertz CT molecular complexity index is 646. The van der Waals surface area contributed by atoms with Crippen molar-refractivity contribution in [2.75, 3.05) is 25.6 Å². The Hall–Kier alpha value is -2.60. The minimum absolute atomic E-state index is 0.309. The summed E-state index contributed by atoms with van der Waals surface area (Å²) in [6.07, 6.45) is 0. The summed E-state index contributed by atoms with van der Waals surface area (Å²) in [7, 11) is 1.61. The van der Waals surface area contributed by atoms with Crippen LogP contribution in [-0.4, -0.2) is 31.3 Å². The van der Waals surface area contributed by atoms with E-state index in [1.807, 2.05) is 37.3 Å². The van der Waals surface area contributed by atoms with Gasteiger partial charge >= 0.3 is 6.03 Å². The second-order valence-corrected chi connectivity index (χ2v) is 4.92. The highest BCUT2D eigenvalue weighted by Crippen LogP contribution is 2.23. The molecule has 0 spiro atoms. The Morgan fingerprint density at radius 1 is 1.13 bits per heavy atom. The van der Waals surface area contributed by atoms with E-state index in [4.69, 9.17) is 9.47 Å². The number of aryl methyl sites for hydroxylation is 1. The molecule has 122 valence electrons.